The molecule has 0 fully saturated rings. The van der Waals surface area contributed by atoms with Gasteiger partial charge in [0.25, 0.3) is 10.1 Å². The Morgan fingerprint density at radius 2 is 1.81 bits per heavy atom. The van der Waals surface area contributed by atoms with Gasteiger partial charge in [-0.2, -0.15) is 8.42 Å². The molecule has 1 aliphatic carbocycles. The highest BCUT2D eigenvalue weighted by Crippen LogP contribution is 2.28. The van der Waals surface area contributed by atoms with Crippen LogP contribution in [0.15, 0.2) is 72.8 Å². The molecule has 0 aromatic heterocycles. The van der Waals surface area contributed by atoms with Gasteiger partial charge in [-0.15, -0.1) is 0 Å². The molecule has 0 saturated carbocycles. The van der Waals surface area contributed by atoms with Gasteiger partial charge in [-0.05, 0) is 34.9 Å². The van der Waals surface area contributed by atoms with Crippen LogP contribution in [-0.4, -0.2) is 18.5 Å². The Bertz CT molecular complexity index is 1160. The molecule has 2 aliphatic rings. The van der Waals surface area contributed by atoms with E-state index in [9.17, 15) is 13.0 Å². The topological polar surface area (TPSA) is 66.4 Å². The molecule has 132 valence electrons. The van der Waals surface area contributed by atoms with Crippen molar-refractivity contribution in [2.75, 3.05) is 0 Å². The Morgan fingerprint density at radius 3 is 2.54 bits per heavy atom. The standard InChI is InChI=1S/C21H19NO3S/c1-21-12-6-5-9-19(21)18-13-15(14-26(23,24)25)10-11-17(18)20(22-21)16-7-3-2-4-8-16/h2-13,22H,14H2,1H3,(H,23,24,25). The molecule has 1 aliphatic heterocycles. The molecule has 2 N–H and O–H groups in total. The van der Waals surface area contributed by atoms with Gasteiger partial charge in [0.15, 0.2) is 0 Å². The van der Waals surface area contributed by atoms with Gasteiger partial charge >= 0.3 is 0 Å². The second-order valence-electron chi connectivity index (χ2n) is 6.81. The van der Waals surface area contributed by atoms with E-state index in [2.05, 4.69) is 30.4 Å². The third-order valence-electron chi connectivity index (χ3n) is 4.80. The first kappa shape index (κ1) is 16.8. The maximum absolute atomic E-state index is 11.3. The smallest absolute Gasteiger partial charge is 0.269 e. The zero-order valence-electron chi connectivity index (χ0n) is 14.3. The third kappa shape index (κ3) is 3.00. The van der Waals surface area contributed by atoms with Gasteiger partial charge in [0.1, 0.15) is 5.75 Å². The largest absolute Gasteiger partial charge is 0.371 e. The molecule has 4 rings (SSSR count). The SMILES string of the molecule is CC12C=CC=CC1=c1cc(CS(=O)(=O)O)ccc1=C(c1ccccc1)N2. The Balaban J connectivity index is 2.06. The summed E-state index contributed by atoms with van der Waals surface area (Å²) in [6, 6.07) is 15.6. The Labute approximate surface area is 152 Å². The summed E-state index contributed by atoms with van der Waals surface area (Å²) in [5, 5.41) is 5.64. The quantitative estimate of drug-likeness (QED) is 0.815. The van der Waals surface area contributed by atoms with Crippen molar-refractivity contribution in [3.63, 3.8) is 0 Å². The molecule has 1 heterocycles. The van der Waals surface area contributed by atoms with E-state index in [0.717, 1.165) is 27.3 Å². The van der Waals surface area contributed by atoms with Gasteiger partial charge in [-0.1, -0.05) is 66.8 Å². The fraction of sp³-hybridized carbons (Fsp3) is 0.143. The molecule has 5 heteroatoms. The van der Waals surface area contributed by atoms with Crippen LogP contribution in [0, 0.1) is 0 Å². The average Bonchev–Trinajstić information content (AvgIpc) is 2.60. The van der Waals surface area contributed by atoms with Crippen LogP contribution >= 0.6 is 0 Å². The highest BCUT2D eigenvalue weighted by Gasteiger charge is 2.31. The molecule has 0 spiro atoms. The van der Waals surface area contributed by atoms with Crippen molar-refractivity contribution in [1.29, 1.82) is 0 Å². The molecule has 0 saturated heterocycles. The summed E-state index contributed by atoms with van der Waals surface area (Å²) in [5.41, 5.74) is 3.33. The summed E-state index contributed by atoms with van der Waals surface area (Å²) < 4.78 is 31.8. The molecule has 0 radical (unpaired) electrons. The van der Waals surface area contributed by atoms with Crippen LogP contribution in [0.4, 0.5) is 0 Å². The van der Waals surface area contributed by atoms with Crippen LogP contribution in [0.2, 0.25) is 0 Å². The summed E-state index contributed by atoms with van der Waals surface area (Å²) in [4.78, 5) is 0. The fourth-order valence-corrected chi connectivity index (χ4v) is 4.23. The number of hydrogen-bond donors (Lipinski definition) is 2. The monoisotopic (exact) mass is 365 g/mol. The second-order valence-corrected chi connectivity index (χ2v) is 8.26. The molecular weight excluding hydrogens is 346 g/mol. The minimum absolute atomic E-state index is 0.385. The number of nitrogens with one attached hydrogen (secondary N) is 1. The summed E-state index contributed by atoms with van der Waals surface area (Å²) in [6.07, 6.45) is 8.13. The van der Waals surface area contributed by atoms with E-state index < -0.39 is 15.9 Å². The Morgan fingerprint density at radius 1 is 1.04 bits per heavy atom. The minimum atomic E-state index is -4.08. The minimum Gasteiger partial charge on any atom is -0.371 e. The second kappa shape index (κ2) is 5.97. The van der Waals surface area contributed by atoms with E-state index in [1.165, 1.54) is 0 Å². The number of benzene rings is 2. The lowest BCUT2D eigenvalue weighted by molar-refractivity contribution is 0.482. The summed E-state index contributed by atoms with van der Waals surface area (Å²) in [6.45, 7) is 2.10. The zero-order chi connectivity index (χ0) is 18.4. The van der Waals surface area contributed by atoms with Crippen molar-refractivity contribution in [3.8, 4) is 0 Å². The molecule has 4 nitrogen and oxygen atoms in total. The van der Waals surface area contributed by atoms with E-state index in [1.807, 2.05) is 48.6 Å². The van der Waals surface area contributed by atoms with Crippen molar-refractivity contribution in [1.82, 2.24) is 5.32 Å². The lowest BCUT2D eigenvalue weighted by atomic mass is 9.82. The van der Waals surface area contributed by atoms with Gasteiger partial charge < -0.3 is 5.32 Å². The highest BCUT2D eigenvalue weighted by molar-refractivity contribution is 7.85. The van der Waals surface area contributed by atoms with Crippen molar-refractivity contribution >= 4 is 21.4 Å². The van der Waals surface area contributed by atoms with E-state index >= 15 is 0 Å². The fourth-order valence-electron chi connectivity index (χ4n) is 3.63. The van der Waals surface area contributed by atoms with Crippen molar-refractivity contribution in [2.24, 2.45) is 0 Å². The molecule has 2 aromatic rings. The zero-order valence-corrected chi connectivity index (χ0v) is 15.1. The summed E-state index contributed by atoms with van der Waals surface area (Å²) in [5.74, 6) is -0.391. The summed E-state index contributed by atoms with van der Waals surface area (Å²) in [7, 11) is -4.08. The lowest BCUT2D eigenvalue weighted by Gasteiger charge is -2.36. The van der Waals surface area contributed by atoms with Crippen LogP contribution in [0.25, 0.3) is 11.3 Å². The third-order valence-corrected chi connectivity index (χ3v) is 5.50. The van der Waals surface area contributed by atoms with Crippen molar-refractivity contribution < 1.29 is 13.0 Å². The average molecular weight is 365 g/mol. The first-order chi connectivity index (χ1) is 12.4. The van der Waals surface area contributed by atoms with Crippen LogP contribution in [-0.2, 0) is 15.9 Å². The van der Waals surface area contributed by atoms with Gasteiger partial charge in [-0.3, -0.25) is 4.55 Å². The van der Waals surface area contributed by atoms with Crippen LogP contribution in [0.1, 0.15) is 18.1 Å². The van der Waals surface area contributed by atoms with Crippen molar-refractivity contribution in [2.45, 2.75) is 18.2 Å². The number of rotatable bonds is 3. The number of allylic oxidation sites excluding steroid dienone is 2. The summed E-state index contributed by atoms with van der Waals surface area (Å²) >= 11 is 0. The highest BCUT2D eigenvalue weighted by atomic mass is 32.2. The maximum Gasteiger partial charge on any atom is 0.269 e. The lowest BCUT2D eigenvalue weighted by Crippen LogP contribution is -2.53. The molecule has 26 heavy (non-hydrogen) atoms. The molecular formula is C21H19NO3S. The predicted octanol–water partition coefficient (Wildman–Crippen LogP) is 1.87. The Hall–Kier alpha value is -2.63. The molecule has 0 amide bonds. The van der Waals surface area contributed by atoms with E-state index in [1.54, 1.807) is 6.07 Å². The van der Waals surface area contributed by atoms with Crippen LogP contribution in [0.5, 0.6) is 0 Å². The molecule has 1 atom stereocenters. The van der Waals surface area contributed by atoms with Gasteiger partial charge in [0, 0.05) is 5.22 Å². The Kier molecular flexibility index (Phi) is 3.86. The predicted molar refractivity (Wildman–Crippen MR) is 103 cm³/mol. The van der Waals surface area contributed by atoms with E-state index in [0.29, 0.717) is 5.56 Å². The first-order valence-electron chi connectivity index (χ1n) is 8.38. The molecule has 2 aromatic carbocycles. The maximum atomic E-state index is 11.3. The number of fused-ring (bicyclic) bond motifs is 2. The van der Waals surface area contributed by atoms with Gasteiger partial charge in [0.2, 0.25) is 0 Å². The van der Waals surface area contributed by atoms with Crippen LogP contribution in [0.3, 0.4) is 0 Å². The van der Waals surface area contributed by atoms with Crippen LogP contribution < -0.4 is 15.8 Å². The molecule has 1 unspecified atom stereocenters. The van der Waals surface area contributed by atoms with Crippen molar-refractivity contribution in [3.05, 3.63) is 94.4 Å². The van der Waals surface area contributed by atoms with E-state index in [-0.39, 0.29) is 5.54 Å². The first-order valence-corrected chi connectivity index (χ1v) is 9.99. The number of hydrogen-bond acceptors (Lipinski definition) is 3. The van der Waals surface area contributed by atoms with Gasteiger partial charge in [0.05, 0.1) is 11.2 Å². The van der Waals surface area contributed by atoms with E-state index in [4.69, 9.17) is 0 Å². The normalized spacial score (nSPS) is 21.2. The molecule has 0 bridgehead atoms. The van der Waals surface area contributed by atoms with Gasteiger partial charge in [-0.25, -0.2) is 0 Å².